The normalized spacial score (nSPS) is 19.6. The van der Waals surface area contributed by atoms with Gasteiger partial charge in [-0.2, -0.15) is 5.10 Å². The molecule has 1 fully saturated rings. The van der Waals surface area contributed by atoms with Gasteiger partial charge in [-0.05, 0) is 17.9 Å². The van der Waals surface area contributed by atoms with Crippen molar-refractivity contribution >= 4 is 11.9 Å². The van der Waals surface area contributed by atoms with Crippen LogP contribution in [0.5, 0.6) is 0 Å². The molecule has 0 radical (unpaired) electrons. The Hall–Kier alpha value is -1.89. The van der Waals surface area contributed by atoms with Gasteiger partial charge in [0.2, 0.25) is 0 Å². The summed E-state index contributed by atoms with van der Waals surface area (Å²) in [6, 6.07) is 1.78. The van der Waals surface area contributed by atoms with E-state index in [0.29, 0.717) is 31.9 Å². The van der Waals surface area contributed by atoms with E-state index < -0.39 is 5.97 Å². The molecule has 0 aromatic carbocycles. The Morgan fingerprint density at radius 1 is 1.52 bits per heavy atom. The van der Waals surface area contributed by atoms with Gasteiger partial charge < -0.3 is 15.3 Å². The highest BCUT2D eigenvalue weighted by Crippen LogP contribution is 2.15. The number of H-pyrrole nitrogens is 1. The number of hydrogen-bond donors (Lipinski definition) is 3. The van der Waals surface area contributed by atoms with Crippen LogP contribution in [0.25, 0.3) is 0 Å². The molecule has 1 unspecified atom stereocenters. The Balaban J connectivity index is 2.07. The summed E-state index contributed by atoms with van der Waals surface area (Å²) in [7, 11) is 0. The summed E-state index contributed by atoms with van der Waals surface area (Å²) in [5.74, 6) is -0.766. The second-order valence-electron chi connectivity index (χ2n) is 5.78. The van der Waals surface area contributed by atoms with Crippen molar-refractivity contribution in [1.82, 2.24) is 20.4 Å². The number of carboxylic acid groups (broad SMARTS) is 1. The minimum absolute atomic E-state index is 0.0641. The van der Waals surface area contributed by atoms with E-state index in [1.807, 2.05) is 13.8 Å². The van der Waals surface area contributed by atoms with Crippen molar-refractivity contribution in [2.75, 3.05) is 26.2 Å². The SMILES string of the molecule is CC(C)c1cc(C(=O)N2CCNCC(CC(=O)O)C2)n[nH]1. The average Bonchev–Trinajstić information content (AvgIpc) is 2.80. The Labute approximate surface area is 123 Å². The first-order valence-corrected chi connectivity index (χ1v) is 7.24. The lowest BCUT2D eigenvalue weighted by molar-refractivity contribution is -0.138. The molecule has 2 rings (SSSR count). The standard InChI is InChI=1S/C14H22N4O3/c1-9(2)11-6-12(17-16-11)14(21)18-4-3-15-7-10(8-18)5-13(19)20/h6,9-10,15H,3-5,7-8H2,1-2H3,(H,16,17)(H,19,20). The maximum Gasteiger partial charge on any atom is 0.303 e. The molecule has 0 saturated carbocycles. The summed E-state index contributed by atoms with van der Waals surface area (Å²) in [4.78, 5) is 25.0. The number of amides is 1. The van der Waals surface area contributed by atoms with E-state index in [-0.39, 0.29) is 24.2 Å². The zero-order valence-corrected chi connectivity index (χ0v) is 12.4. The summed E-state index contributed by atoms with van der Waals surface area (Å²) in [5, 5.41) is 19.0. The third-order valence-corrected chi connectivity index (χ3v) is 3.66. The Morgan fingerprint density at radius 3 is 2.90 bits per heavy atom. The topological polar surface area (TPSA) is 98.3 Å². The first kappa shape index (κ1) is 15.5. The van der Waals surface area contributed by atoms with Crippen LogP contribution in [0.2, 0.25) is 0 Å². The van der Waals surface area contributed by atoms with Crippen molar-refractivity contribution in [2.24, 2.45) is 5.92 Å². The molecule has 2 heterocycles. The van der Waals surface area contributed by atoms with E-state index in [0.717, 1.165) is 5.69 Å². The van der Waals surface area contributed by atoms with E-state index >= 15 is 0 Å². The molecule has 7 heteroatoms. The van der Waals surface area contributed by atoms with Crippen molar-refractivity contribution < 1.29 is 14.7 Å². The largest absolute Gasteiger partial charge is 0.481 e. The monoisotopic (exact) mass is 294 g/mol. The first-order chi connectivity index (χ1) is 9.97. The number of aliphatic carboxylic acids is 1. The molecule has 1 aromatic heterocycles. The van der Waals surface area contributed by atoms with Crippen LogP contribution in [-0.4, -0.2) is 58.3 Å². The molecule has 0 bridgehead atoms. The number of rotatable bonds is 4. The molecular weight excluding hydrogens is 272 g/mol. The molecule has 1 aliphatic heterocycles. The molecule has 1 saturated heterocycles. The van der Waals surface area contributed by atoms with Crippen LogP contribution in [0.1, 0.15) is 42.4 Å². The van der Waals surface area contributed by atoms with E-state index in [4.69, 9.17) is 5.11 Å². The van der Waals surface area contributed by atoms with Crippen molar-refractivity contribution in [3.63, 3.8) is 0 Å². The molecule has 1 aromatic rings. The van der Waals surface area contributed by atoms with E-state index in [1.165, 1.54) is 0 Å². The minimum atomic E-state index is -0.835. The number of aromatic nitrogens is 2. The van der Waals surface area contributed by atoms with Crippen LogP contribution in [0.4, 0.5) is 0 Å². The molecule has 21 heavy (non-hydrogen) atoms. The van der Waals surface area contributed by atoms with Gasteiger partial charge in [0, 0.05) is 31.9 Å². The highest BCUT2D eigenvalue weighted by atomic mass is 16.4. The molecular formula is C14H22N4O3. The van der Waals surface area contributed by atoms with Gasteiger partial charge in [0.05, 0.1) is 6.42 Å². The lowest BCUT2D eigenvalue weighted by Crippen LogP contribution is -2.36. The first-order valence-electron chi connectivity index (χ1n) is 7.24. The Bertz CT molecular complexity index is 512. The number of aromatic amines is 1. The number of carboxylic acids is 1. The van der Waals surface area contributed by atoms with Gasteiger partial charge in [-0.1, -0.05) is 13.8 Å². The minimum Gasteiger partial charge on any atom is -0.481 e. The number of carbonyl (C=O) groups excluding carboxylic acids is 1. The van der Waals surface area contributed by atoms with Gasteiger partial charge in [0.25, 0.3) is 5.91 Å². The molecule has 1 amide bonds. The number of nitrogens with one attached hydrogen (secondary N) is 2. The molecule has 0 spiro atoms. The van der Waals surface area contributed by atoms with Crippen LogP contribution in [0.3, 0.4) is 0 Å². The van der Waals surface area contributed by atoms with Gasteiger partial charge in [-0.25, -0.2) is 0 Å². The number of hydrogen-bond acceptors (Lipinski definition) is 4. The third kappa shape index (κ3) is 4.04. The molecule has 1 aliphatic rings. The van der Waals surface area contributed by atoms with Crippen molar-refractivity contribution in [1.29, 1.82) is 0 Å². The fraction of sp³-hybridized carbons (Fsp3) is 0.643. The molecule has 1 atom stereocenters. The summed E-state index contributed by atoms with van der Waals surface area (Å²) >= 11 is 0. The highest BCUT2D eigenvalue weighted by Gasteiger charge is 2.25. The quantitative estimate of drug-likeness (QED) is 0.758. The fourth-order valence-corrected chi connectivity index (χ4v) is 2.46. The van der Waals surface area contributed by atoms with Gasteiger partial charge >= 0.3 is 5.97 Å². The van der Waals surface area contributed by atoms with Crippen LogP contribution < -0.4 is 5.32 Å². The van der Waals surface area contributed by atoms with Crippen LogP contribution in [-0.2, 0) is 4.79 Å². The average molecular weight is 294 g/mol. The Kier molecular flexibility index (Phi) is 4.95. The van der Waals surface area contributed by atoms with Gasteiger partial charge in [-0.15, -0.1) is 0 Å². The summed E-state index contributed by atoms with van der Waals surface area (Å²) in [6.45, 7) is 6.36. The number of carbonyl (C=O) groups is 2. The molecule has 116 valence electrons. The third-order valence-electron chi connectivity index (χ3n) is 3.66. The predicted octanol–water partition coefficient (Wildman–Crippen LogP) is 0.669. The maximum absolute atomic E-state index is 12.5. The van der Waals surface area contributed by atoms with Gasteiger partial charge in [-0.3, -0.25) is 14.7 Å². The lowest BCUT2D eigenvalue weighted by atomic mass is 10.1. The lowest BCUT2D eigenvalue weighted by Gasteiger charge is -2.22. The zero-order valence-electron chi connectivity index (χ0n) is 12.4. The summed E-state index contributed by atoms with van der Waals surface area (Å²) in [6.07, 6.45) is 0.0641. The fourth-order valence-electron chi connectivity index (χ4n) is 2.46. The van der Waals surface area contributed by atoms with Crippen molar-refractivity contribution in [3.8, 4) is 0 Å². The van der Waals surface area contributed by atoms with Crippen LogP contribution in [0, 0.1) is 5.92 Å². The number of nitrogens with zero attached hydrogens (tertiary/aromatic N) is 2. The van der Waals surface area contributed by atoms with E-state index in [9.17, 15) is 9.59 Å². The van der Waals surface area contributed by atoms with Crippen molar-refractivity contribution in [3.05, 3.63) is 17.5 Å². The zero-order chi connectivity index (χ0) is 15.4. The second kappa shape index (κ2) is 6.71. The van der Waals surface area contributed by atoms with Gasteiger partial charge in [0.1, 0.15) is 5.69 Å². The van der Waals surface area contributed by atoms with Crippen LogP contribution >= 0.6 is 0 Å². The Morgan fingerprint density at radius 2 is 2.29 bits per heavy atom. The predicted molar refractivity (Wildman–Crippen MR) is 77.2 cm³/mol. The maximum atomic E-state index is 12.5. The molecule has 7 nitrogen and oxygen atoms in total. The van der Waals surface area contributed by atoms with Crippen molar-refractivity contribution in [2.45, 2.75) is 26.2 Å². The smallest absolute Gasteiger partial charge is 0.303 e. The van der Waals surface area contributed by atoms with E-state index in [2.05, 4.69) is 15.5 Å². The summed E-state index contributed by atoms with van der Waals surface area (Å²) < 4.78 is 0. The van der Waals surface area contributed by atoms with E-state index in [1.54, 1.807) is 11.0 Å². The summed E-state index contributed by atoms with van der Waals surface area (Å²) in [5.41, 5.74) is 1.32. The molecule has 0 aliphatic carbocycles. The van der Waals surface area contributed by atoms with Crippen LogP contribution in [0.15, 0.2) is 6.07 Å². The second-order valence-corrected chi connectivity index (χ2v) is 5.78. The highest BCUT2D eigenvalue weighted by molar-refractivity contribution is 5.92. The van der Waals surface area contributed by atoms with Gasteiger partial charge in [0.15, 0.2) is 0 Å². The molecule has 3 N–H and O–H groups in total.